The molecule has 0 spiro atoms. The van der Waals surface area contributed by atoms with E-state index in [1.807, 2.05) is 27.7 Å². The number of carbonyl (C=O) groups is 12. The second kappa shape index (κ2) is 52.5. The van der Waals surface area contributed by atoms with Crippen molar-refractivity contribution in [3.05, 3.63) is 239 Å². The number of benzene rings is 8. The number of rotatable bonds is 46. The summed E-state index contributed by atoms with van der Waals surface area (Å²) in [6.07, 6.45) is 5.61. The number of methoxy groups -OCH3 is 6. The highest BCUT2D eigenvalue weighted by molar-refractivity contribution is 5.96. The maximum atomic E-state index is 13.2. The van der Waals surface area contributed by atoms with E-state index < -0.39 is 114 Å². The summed E-state index contributed by atoms with van der Waals surface area (Å²) in [5.41, 5.74) is -1.82. The maximum Gasteiger partial charge on any atom is 0.341 e. The van der Waals surface area contributed by atoms with Crippen LogP contribution in [0.2, 0.25) is 0 Å². The smallest absolute Gasteiger partial charge is 0.341 e. The lowest BCUT2D eigenvalue weighted by Gasteiger charge is -2.31. The van der Waals surface area contributed by atoms with E-state index >= 15 is 0 Å². The second-order valence-electron chi connectivity index (χ2n) is 28.6. The van der Waals surface area contributed by atoms with Gasteiger partial charge in [-0.1, -0.05) is 95.8 Å². The molecule has 0 aliphatic rings. The summed E-state index contributed by atoms with van der Waals surface area (Å²) >= 11 is 0. The zero-order valence-corrected chi connectivity index (χ0v) is 72.4. The monoisotopic (exact) mass is 1730 g/mol. The molecule has 8 aromatic carbocycles. The molecule has 0 bridgehead atoms. The molecular formula is C95H108O30. The van der Waals surface area contributed by atoms with Crippen molar-refractivity contribution in [1.29, 1.82) is 0 Å². The first-order chi connectivity index (χ1) is 60.1. The Bertz CT molecular complexity index is 4430. The van der Waals surface area contributed by atoms with Crippen molar-refractivity contribution in [2.75, 3.05) is 109 Å². The van der Waals surface area contributed by atoms with Crippen molar-refractivity contribution in [1.82, 2.24) is 0 Å². The van der Waals surface area contributed by atoms with Crippen LogP contribution in [-0.2, 0) is 66.5 Å². The summed E-state index contributed by atoms with van der Waals surface area (Å²) in [6, 6.07) is 50.9. The Labute approximate surface area is 726 Å². The zero-order valence-electron chi connectivity index (χ0n) is 72.4. The summed E-state index contributed by atoms with van der Waals surface area (Å²) in [5, 5.41) is 0. The maximum absolute atomic E-state index is 13.2. The van der Waals surface area contributed by atoms with Crippen molar-refractivity contribution in [3.63, 3.8) is 0 Å². The van der Waals surface area contributed by atoms with E-state index in [4.69, 9.17) is 85.3 Å². The molecule has 0 aliphatic carbocycles. The Hall–Kier alpha value is -13.8. The molecule has 0 unspecified atom stereocenters. The van der Waals surface area contributed by atoms with Gasteiger partial charge in [0, 0.05) is 26.7 Å². The molecule has 0 saturated heterocycles. The molecule has 30 heteroatoms. The van der Waals surface area contributed by atoms with Gasteiger partial charge in [0.2, 0.25) is 0 Å². The molecule has 125 heavy (non-hydrogen) atoms. The summed E-state index contributed by atoms with van der Waals surface area (Å²) in [4.78, 5) is 152. The molecule has 0 radical (unpaired) electrons. The Balaban J connectivity index is 0.000000291. The molecule has 8 aromatic rings. The molecule has 0 amide bonds. The molecule has 0 fully saturated rings. The number of unbranched alkanes of at least 4 members (excludes halogenated alkanes) is 4. The van der Waals surface area contributed by atoms with Crippen molar-refractivity contribution in [2.24, 2.45) is 16.2 Å². The van der Waals surface area contributed by atoms with Crippen LogP contribution in [0.15, 0.2) is 194 Å². The van der Waals surface area contributed by atoms with E-state index in [0.717, 1.165) is 25.7 Å². The molecule has 668 valence electrons. The van der Waals surface area contributed by atoms with E-state index in [2.05, 4.69) is 0 Å². The average Bonchev–Trinajstić information content (AvgIpc) is 0.800. The molecule has 30 nitrogen and oxygen atoms in total. The summed E-state index contributed by atoms with van der Waals surface area (Å²) in [6.45, 7) is 7.14. The first-order valence-electron chi connectivity index (χ1n) is 40.2. The summed E-state index contributed by atoms with van der Waals surface area (Å²) in [5.74, 6) is -4.37. The van der Waals surface area contributed by atoms with Crippen molar-refractivity contribution in [3.8, 4) is 46.0 Å². The quantitative estimate of drug-likeness (QED) is 0.0148. The van der Waals surface area contributed by atoms with Crippen LogP contribution in [0.1, 0.15) is 189 Å². The minimum atomic E-state index is -1.54. The Morgan fingerprint density at radius 1 is 0.248 bits per heavy atom. The number of hydrogen-bond acceptors (Lipinski definition) is 30. The lowest BCUT2D eigenvalue weighted by atomic mass is 9.88. The fourth-order valence-electron chi connectivity index (χ4n) is 11.4. The van der Waals surface area contributed by atoms with Gasteiger partial charge in [-0.3, -0.25) is 19.2 Å². The van der Waals surface area contributed by atoms with Gasteiger partial charge >= 0.3 is 71.6 Å². The van der Waals surface area contributed by atoms with Gasteiger partial charge in [-0.25, -0.2) is 38.4 Å². The Morgan fingerprint density at radius 3 is 0.752 bits per heavy atom. The third-order valence-electron chi connectivity index (χ3n) is 19.2. The van der Waals surface area contributed by atoms with Gasteiger partial charge in [-0.2, -0.15) is 0 Å². The van der Waals surface area contributed by atoms with Gasteiger partial charge in [0.05, 0.1) is 86.9 Å². The molecular weight excluding hydrogens is 1620 g/mol. The highest BCUT2D eigenvalue weighted by atomic mass is 16.6. The minimum Gasteiger partial charge on any atom is -0.497 e. The van der Waals surface area contributed by atoms with Gasteiger partial charge in [-0.05, 0) is 177 Å². The number of esters is 12. The number of ether oxygens (including phenoxy) is 18. The molecule has 0 N–H and O–H groups in total. The van der Waals surface area contributed by atoms with E-state index in [1.165, 1.54) is 80.8 Å². The van der Waals surface area contributed by atoms with Crippen LogP contribution in [0.25, 0.3) is 0 Å². The van der Waals surface area contributed by atoms with Gasteiger partial charge in [0.1, 0.15) is 129 Å². The zero-order chi connectivity index (χ0) is 91.2. The van der Waals surface area contributed by atoms with Crippen LogP contribution in [0.4, 0.5) is 0 Å². The lowest BCUT2D eigenvalue weighted by molar-refractivity contribution is -0.159. The Morgan fingerprint density at radius 2 is 0.496 bits per heavy atom. The largest absolute Gasteiger partial charge is 0.497 e. The van der Waals surface area contributed by atoms with Crippen LogP contribution in [0.5, 0.6) is 46.0 Å². The minimum absolute atomic E-state index is 0.0335. The number of hydrogen-bond donors (Lipinski definition) is 0. The van der Waals surface area contributed by atoms with Crippen LogP contribution in [0.3, 0.4) is 0 Å². The first kappa shape index (κ1) is 100. The van der Waals surface area contributed by atoms with Crippen LogP contribution >= 0.6 is 0 Å². The van der Waals surface area contributed by atoms with Gasteiger partial charge in [0.15, 0.2) is 0 Å². The molecule has 0 aliphatic heterocycles. The standard InChI is InChI=1S/C35H44O12.2C30H32O9/c1-5-7-9-19-31(38)42-21-35(22-43-32(39)20-10-8-6-2,23-44-33(40)27-15-11-13-17-29(27)46-25(3)36)24-45-34(41)28-16-12-14-18-30(28)47-26(4)37;1-5-30(18-37-27(31)21-6-12-24(34-2)13-7-21,19-38-28(32)22-8-14-25(35-3)15-9-22)20-39-29(33)23-10-16-26(36-4)17-11-23;1-5-30(18-37-27(31)21-9-6-12-24(15-21)34-2,19-38-28(32)22-10-7-13-25(16-22)35-3)20-39-29(33)23-11-8-14-26(17-23)36-4/h11-18H,5-10,19-24H2,1-4H3;2*6-17H,5,18-20H2,1-4H3. The molecule has 0 saturated carbocycles. The SMILES string of the molecule is CCC(COC(=O)c1ccc(OC)cc1)(COC(=O)c1ccc(OC)cc1)COC(=O)c1ccc(OC)cc1.CCC(COC(=O)c1cccc(OC)c1)(COC(=O)c1cccc(OC)c1)COC(=O)c1cccc(OC)c1.CCCCCC(=O)OCC(COC(=O)CCCCC)(COC(=O)c1ccccc1OC(C)=O)COC(=O)c1ccccc1OC(C)=O. The van der Waals surface area contributed by atoms with Gasteiger partial charge < -0.3 is 85.3 Å². The summed E-state index contributed by atoms with van der Waals surface area (Å²) in [7, 11) is 9.09. The number of para-hydroxylation sites is 2. The van der Waals surface area contributed by atoms with E-state index in [1.54, 1.807) is 170 Å². The Kier molecular flexibility index (Phi) is 42.0. The van der Waals surface area contributed by atoms with Crippen molar-refractivity contribution >= 4 is 71.6 Å². The highest BCUT2D eigenvalue weighted by Gasteiger charge is 2.40. The fraction of sp³-hybridized carbons (Fsp3) is 0.368. The molecule has 0 heterocycles. The second-order valence-corrected chi connectivity index (χ2v) is 28.6. The molecule has 8 rings (SSSR count). The predicted molar refractivity (Wildman–Crippen MR) is 454 cm³/mol. The van der Waals surface area contributed by atoms with Crippen molar-refractivity contribution < 1.29 is 143 Å². The summed E-state index contributed by atoms with van der Waals surface area (Å²) < 4.78 is 97.2. The van der Waals surface area contributed by atoms with Crippen molar-refractivity contribution in [2.45, 2.75) is 106 Å². The third kappa shape index (κ3) is 33.5. The molecule has 0 atom stereocenters. The van der Waals surface area contributed by atoms with Gasteiger partial charge in [-0.15, -0.1) is 0 Å². The van der Waals surface area contributed by atoms with Crippen LogP contribution in [-0.4, -0.2) is 180 Å². The number of carbonyl (C=O) groups excluding carboxylic acids is 12. The lowest BCUT2D eigenvalue weighted by Crippen LogP contribution is -2.44. The predicted octanol–water partition coefficient (Wildman–Crippen LogP) is 15.7. The highest BCUT2D eigenvalue weighted by Crippen LogP contribution is 2.32. The molecule has 0 aromatic heterocycles. The van der Waals surface area contributed by atoms with Gasteiger partial charge in [0.25, 0.3) is 0 Å². The third-order valence-corrected chi connectivity index (χ3v) is 19.2. The first-order valence-corrected chi connectivity index (χ1v) is 40.2. The van der Waals surface area contributed by atoms with E-state index in [0.29, 0.717) is 93.6 Å². The normalized spacial score (nSPS) is 10.8. The van der Waals surface area contributed by atoms with E-state index in [9.17, 15) is 57.5 Å². The fourth-order valence-corrected chi connectivity index (χ4v) is 11.4. The van der Waals surface area contributed by atoms with Crippen LogP contribution < -0.4 is 37.9 Å². The topological polar surface area (TPSA) is 371 Å². The van der Waals surface area contributed by atoms with Crippen LogP contribution in [0, 0.1) is 16.2 Å². The van der Waals surface area contributed by atoms with E-state index in [-0.39, 0.29) is 75.1 Å². The average molecular weight is 1730 g/mol.